The summed E-state index contributed by atoms with van der Waals surface area (Å²) in [6.07, 6.45) is 3.10. The molecule has 0 radical (unpaired) electrons. The first-order valence-electron chi connectivity index (χ1n) is 7.95. The number of anilines is 1. The monoisotopic (exact) mass is 316 g/mol. The molecule has 2 heterocycles. The number of nitrogens with two attached hydrogens (primary N) is 1. The summed E-state index contributed by atoms with van der Waals surface area (Å²) >= 11 is 1.61. The van der Waals surface area contributed by atoms with E-state index < -0.39 is 0 Å². The summed E-state index contributed by atoms with van der Waals surface area (Å²) in [4.78, 5) is 10.6. The Labute approximate surface area is 136 Å². The van der Waals surface area contributed by atoms with E-state index in [1.165, 1.54) is 16.9 Å². The van der Waals surface area contributed by atoms with E-state index in [0.29, 0.717) is 11.2 Å². The molecule has 3 rings (SSSR count). The molecule has 0 spiro atoms. The summed E-state index contributed by atoms with van der Waals surface area (Å²) in [6.45, 7) is 7.69. The Balaban J connectivity index is 1.58. The van der Waals surface area contributed by atoms with Gasteiger partial charge in [0.1, 0.15) is 0 Å². The van der Waals surface area contributed by atoms with E-state index in [1.807, 2.05) is 6.20 Å². The van der Waals surface area contributed by atoms with Crippen LogP contribution in [0.2, 0.25) is 0 Å². The van der Waals surface area contributed by atoms with Crippen LogP contribution >= 0.6 is 11.3 Å². The lowest BCUT2D eigenvalue weighted by molar-refractivity contribution is 0.0626. The van der Waals surface area contributed by atoms with Crippen LogP contribution in [0, 0.1) is 0 Å². The highest BCUT2D eigenvalue weighted by Crippen LogP contribution is 2.21. The molecule has 1 aromatic carbocycles. The molecule has 1 atom stereocenters. The third-order valence-corrected chi connectivity index (χ3v) is 5.15. The van der Waals surface area contributed by atoms with E-state index in [1.54, 1.807) is 11.3 Å². The van der Waals surface area contributed by atoms with E-state index in [9.17, 15) is 0 Å². The van der Waals surface area contributed by atoms with Crippen molar-refractivity contribution in [2.45, 2.75) is 32.5 Å². The highest BCUT2D eigenvalue weighted by molar-refractivity contribution is 7.15. The molecule has 0 aliphatic carbocycles. The Morgan fingerprint density at radius 2 is 2.05 bits per heavy atom. The molecule has 0 bridgehead atoms. The van der Waals surface area contributed by atoms with Crippen LogP contribution in [0.4, 0.5) is 5.13 Å². The molecule has 118 valence electrons. The summed E-state index contributed by atoms with van der Waals surface area (Å²) in [5.41, 5.74) is 7.13. The van der Waals surface area contributed by atoms with Crippen molar-refractivity contribution in [1.82, 2.24) is 14.8 Å². The van der Waals surface area contributed by atoms with Crippen LogP contribution in [-0.4, -0.2) is 40.5 Å². The van der Waals surface area contributed by atoms with E-state index in [0.717, 1.165) is 32.7 Å². The maximum atomic E-state index is 5.73. The number of piperazine rings is 1. The van der Waals surface area contributed by atoms with Gasteiger partial charge in [0.05, 0.1) is 0 Å². The second kappa shape index (κ2) is 7.22. The van der Waals surface area contributed by atoms with Crippen LogP contribution in [0.3, 0.4) is 0 Å². The van der Waals surface area contributed by atoms with Gasteiger partial charge in [0, 0.05) is 49.8 Å². The number of nitrogen functional groups attached to an aromatic ring is 1. The van der Waals surface area contributed by atoms with Gasteiger partial charge in [-0.3, -0.25) is 9.80 Å². The van der Waals surface area contributed by atoms with Crippen LogP contribution in [-0.2, 0) is 13.1 Å². The van der Waals surface area contributed by atoms with Crippen molar-refractivity contribution >= 4 is 16.5 Å². The summed E-state index contributed by atoms with van der Waals surface area (Å²) in [5, 5.41) is 0.671. The van der Waals surface area contributed by atoms with Gasteiger partial charge in [-0.2, -0.15) is 0 Å². The van der Waals surface area contributed by atoms with Gasteiger partial charge in [-0.1, -0.05) is 37.3 Å². The zero-order valence-corrected chi connectivity index (χ0v) is 13.9. The lowest BCUT2D eigenvalue weighted by Crippen LogP contribution is -2.51. The third-order valence-electron chi connectivity index (χ3n) is 4.34. The second-order valence-corrected chi connectivity index (χ2v) is 7.06. The summed E-state index contributed by atoms with van der Waals surface area (Å²) in [6, 6.07) is 11.4. The first kappa shape index (κ1) is 15.5. The number of aromatic nitrogens is 1. The normalized spacial score (nSPS) is 20.3. The number of hydrogen-bond donors (Lipinski definition) is 1. The second-order valence-electron chi connectivity index (χ2n) is 5.92. The Morgan fingerprint density at radius 1 is 1.23 bits per heavy atom. The summed E-state index contributed by atoms with van der Waals surface area (Å²) in [5.74, 6) is 0. The van der Waals surface area contributed by atoms with Gasteiger partial charge in [-0.25, -0.2) is 4.98 Å². The number of rotatable bonds is 5. The molecule has 1 saturated heterocycles. The van der Waals surface area contributed by atoms with Gasteiger partial charge in [0.2, 0.25) is 0 Å². The minimum absolute atomic E-state index is 0.624. The molecule has 1 unspecified atom stereocenters. The van der Waals surface area contributed by atoms with Crippen molar-refractivity contribution in [2.75, 3.05) is 25.4 Å². The molecule has 1 aliphatic rings. The van der Waals surface area contributed by atoms with Crippen molar-refractivity contribution in [1.29, 1.82) is 0 Å². The van der Waals surface area contributed by atoms with E-state index in [-0.39, 0.29) is 0 Å². The fourth-order valence-electron chi connectivity index (χ4n) is 3.13. The molecule has 5 heteroatoms. The molecule has 0 amide bonds. The Kier molecular flexibility index (Phi) is 5.08. The van der Waals surface area contributed by atoms with Crippen LogP contribution < -0.4 is 5.73 Å². The molecule has 4 nitrogen and oxygen atoms in total. The van der Waals surface area contributed by atoms with Crippen molar-refractivity contribution < 1.29 is 0 Å². The Hall–Kier alpha value is -1.43. The predicted octanol–water partition coefficient (Wildman–Crippen LogP) is 2.82. The zero-order chi connectivity index (χ0) is 15.4. The lowest BCUT2D eigenvalue weighted by atomic mass is 10.1. The number of thiazole rings is 1. The van der Waals surface area contributed by atoms with Crippen molar-refractivity contribution in [3.63, 3.8) is 0 Å². The topological polar surface area (TPSA) is 45.4 Å². The van der Waals surface area contributed by atoms with Gasteiger partial charge in [-0.15, -0.1) is 11.3 Å². The molecule has 1 aliphatic heterocycles. The zero-order valence-electron chi connectivity index (χ0n) is 13.1. The van der Waals surface area contributed by atoms with Gasteiger partial charge < -0.3 is 5.73 Å². The molecule has 2 N–H and O–H groups in total. The largest absolute Gasteiger partial charge is 0.375 e. The SMILES string of the molecule is CCC1CN(Cc2cnc(N)s2)CCN1Cc1ccccc1. The molecule has 2 aromatic rings. The van der Waals surface area contributed by atoms with E-state index in [4.69, 9.17) is 5.73 Å². The highest BCUT2D eigenvalue weighted by Gasteiger charge is 2.25. The molecule has 22 heavy (non-hydrogen) atoms. The third kappa shape index (κ3) is 3.85. The van der Waals surface area contributed by atoms with Crippen LogP contribution in [0.5, 0.6) is 0 Å². The quantitative estimate of drug-likeness (QED) is 0.921. The predicted molar refractivity (Wildman–Crippen MR) is 92.7 cm³/mol. The smallest absolute Gasteiger partial charge is 0.180 e. The summed E-state index contributed by atoms with van der Waals surface area (Å²) in [7, 11) is 0. The fourth-order valence-corrected chi connectivity index (χ4v) is 3.86. The first-order valence-corrected chi connectivity index (χ1v) is 8.76. The van der Waals surface area contributed by atoms with Crippen LogP contribution in [0.15, 0.2) is 36.5 Å². The van der Waals surface area contributed by atoms with Gasteiger partial charge in [-0.05, 0) is 12.0 Å². The number of benzene rings is 1. The average molecular weight is 316 g/mol. The number of nitrogens with zero attached hydrogens (tertiary/aromatic N) is 3. The highest BCUT2D eigenvalue weighted by atomic mass is 32.1. The van der Waals surface area contributed by atoms with Crippen LogP contribution in [0.1, 0.15) is 23.8 Å². The minimum atomic E-state index is 0.624. The Bertz CT molecular complexity index is 583. The molecular weight excluding hydrogens is 292 g/mol. The summed E-state index contributed by atoms with van der Waals surface area (Å²) < 4.78 is 0. The van der Waals surface area contributed by atoms with Crippen LogP contribution in [0.25, 0.3) is 0 Å². The molecular formula is C17H24N4S. The van der Waals surface area contributed by atoms with E-state index >= 15 is 0 Å². The molecule has 1 fully saturated rings. The lowest BCUT2D eigenvalue weighted by Gasteiger charge is -2.41. The standard InChI is InChI=1S/C17H24N4S/c1-2-15-12-20(13-16-10-19-17(18)22-16)8-9-21(15)11-14-6-4-3-5-7-14/h3-7,10,15H,2,8-9,11-13H2,1H3,(H2,18,19). The van der Waals surface area contributed by atoms with Gasteiger partial charge in [0.25, 0.3) is 0 Å². The number of hydrogen-bond acceptors (Lipinski definition) is 5. The average Bonchev–Trinajstić information content (AvgIpc) is 2.95. The van der Waals surface area contributed by atoms with Crippen molar-refractivity contribution in [3.05, 3.63) is 47.0 Å². The molecule has 0 saturated carbocycles. The maximum absolute atomic E-state index is 5.73. The Morgan fingerprint density at radius 3 is 2.73 bits per heavy atom. The van der Waals surface area contributed by atoms with Gasteiger partial charge >= 0.3 is 0 Å². The molecule has 1 aromatic heterocycles. The van der Waals surface area contributed by atoms with Crippen molar-refractivity contribution in [2.24, 2.45) is 0 Å². The first-order chi connectivity index (χ1) is 10.7. The fraction of sp³-hybridized carbons (Fsp3) is 0.471. The van der Waals surface area contributed by atoms with Gasteiger partial charge in [0.15, 0.2) is 5.13 Å². The van der Waals surface area contributed by atoms with E-state index in [2.05, 4.69) is 52.0 Å². The maximum Gasteiger partial charge on any atom is 0.180 e. The van der Waals surface area contributed by atoms with Crippen molar-refractivity contribution in [3.8, 4) is 0 Å². The minimum Gasteiger partial charge on any atom is -0.375 e.